The molecular formula is C19H25ClN4O4S. The molecule has 2 heterocycles. The van der Waals surface area contributed by atoms with Crippen LogP contribution in [0.1, 0.15) is 47.4 Å². The molecule has 1 amide bonds. The molecule has 1 saturated heterocycles. The van der Waals surface area contributed by atoms with E-state index in [-0.39, 0.29) is 31.0 Å². The van der Waals surface area contributed by atoms with Crippen molar-refractivity contribution in [3.8, 4) is 5.75 Å². The van der Waals surface area contributed by atoms with Crippen LogP contribution in [0.15, 0.2) is 24.3 Å². The number of benzene rings is 1. The molecule has 1 fully saturated rings. The summed E-state index contributed by atoms with van der Waals surface area (Å²) in [6.45, 7) is 5.34. The molecule has 3 rings (SSSR count). The number of carbonyl (C=O) groups excluding carboxylic acids is 2. The van der Waals surface area contributed by atoms with E-state index in [2.05, 4.69) is 20.8 Å². The van der Waals surface area contributed by atoms with Gasteiger partial charge in [0.1, 0.15) is 10.8 Å². The number of nitrogens with one attached hydrogen (secondary N) is 2. The predicted molar refractivity (Wildman–Crippen MR) is 113 cm³/mol. The van der Waals surface area contributed by atoms with Crippen molar-refractivity contribution < 1.29 is 19.1 Å². The van der Waals surface area contributed by atoms with Gasteiger partial charge in [0, 0.05) is 11.6 Å². The lowest BCUT2D eigenvalue weighted by Gasteiger charge is -2.19. The van der Waals surface area contributed by atoms with Gasteiger partial charge < -0.3 is 20.1 Å². The van der Waals surface area contributed by atoms with E-state index in [1.807, 2.05) is 0 Å². The number of anilines is 1. The molecular weight excluding hydrogens is 416 g/mol. The van der Waals surface area contributed by atoms with Crippen LogP contribution < -0.4 is 15.4 Å². The van der Waals surface area contributed by atoms with Crippen LogP contribution in [-0.4, -0.2) is 47.9 Å². The Balaban J connectivity index is 0.00000300. The zero-order chi connectivity index (χ0) is 19.9. The molecule has 1 aromatic heterocycles. The van der Waals surface area contributed by atoms with Gasteiger partial charge in [0.2, 0.25) is 5.01 Å². The fourth-order valence-corrected chi connectivity index (χ4v) is 3.73. The number of amides is 1. The molecule has 0 unspecified atom stereocenters. The third-order valence-corrected chi connectivity index (χ3v) is 5.24. The van der Waals surface area contributed by atoms with Crippen LogP contribution in [-0.2, 0) is 9.53 Å². The fourth-order valence-electron chi connectivity index (χ4n) is 2.82. The number of carbonyl (C=O) groups is 2. The number of ether oxygens (including phenoxy) is 2. The van der Waals surface area contributed by atoms with E-state index < -0.39 is 5.97 Å². The van der Waals surface area contributed by atoms with Gasteiger partial charge in [0.05, 0.1) is 6.10 Å². The second-order valence-corrected chi connectivity index (χ2v) is 7.78. The quantitative estimate of drug-likeness (QED) is 0.638. The van der Waals surface area contributed by atoms with Gasteiger partial charge in [-0.1, -0.05) is 11.3 Å². The lowest BCUT2D eigenvalue weighted by Crippen LogP contribution is -2.26. The Bertz CT molecular complexity index is 807. The summed E-state index contributed by atoms with van der Waals surface area (Å²) in [7, 11) is 0. The minimum Gasteiger partial charge on any atom is -0.482 e. The largest absolute Gasteiger partial charge is 0.482 e. The Morgan fingerprint density at radius 3 is 2.55 bits per heavy atom. The molecule has 0 aliphatic carbocycles. The van der Waals surface area contributed by atoms with Crippen molar-refractivity contribution in [2.45, 2.75) is 38.7 Å². The maximum Gasteiger partial charge on any atom is 0.344 e. The fraction of sp³-hybridized carbons (Fsp3) is 0.474. The van der Waals surface area contributed by atoms with E-state index in [1.54, 1.807) is 38.1 Å². The highest BCUT2D eigenvalue weighted by Crippen LogP contribution is 2.28. The second kappa shape index (κ2) is 11.1. The van der Waals surface area contributed by atoms with Crippen LogP contribution in [0.25, 0.3) is 0 Å². The molecule has 0 saturated carbocycles. The van der Waals surface area contributed by atoms with Crippen LogP contribution in [0.3, 0.4) is 0 Å². The molecule has 0 atom stereocenters. The van der Waals surface area contributed by atoms with E-state index in [4.69, 9.17) is 9.47 Å². The molecule has 1 aliphatic rings. The first kappa shape index (κ1) is 23.1. The van der Waals surface area contributed by atoms with Crippen LogP contribution in [0, 0.1) is 0 Å². The second-order valence-electron chi connectivity index (χ2n) is 6.78. The number of halogens is 1. The standard InChI is InChI=1S/C19H24N4O4S.ClH/c1-12(2)27-16(24)11-26-15-5-3-14(4-6-15)21-17(25)19-23-22-18(28-19)13-7-9-20-10-8-13;/h3-6,12-13,20H,7-11H2,1-2H3,(H,21,25);1H. The highest BCUT2D eigenvalue weighted by Gasteiger charge is 2.21. The van der Waals surface area contributed by atoms with Gasteiger partial charge >= 0.3 is 5.97 Å². The molecule has 2 N–H and O–H groups in total. The summed E-state index contributed by atoms with van der Waals surface area (Å²) in [5.74, 6) is 0.182. The van der Waals surface area contributed by atoms with Crippen molar-refractivity contribution in [2.24, 2.45) is 0 Å². The summed E-state index contributed by atoms with van der Waals surface area (Å²) < 4.78 is 10.4. The molecule has 0 bridgehead atoms. The van der Waals surface area contributed by atoms with Gasteiger partial charge in [-0.3, -0.25) is 4.79 Å². The number of nitrogens with zero attached hydrogens (tertiary/aromatic N) is 2. The molecule has 10 heteroatoms. The van der Waals surface area contributed by atoms with Crippen LogP contribution in [0.5, 0.6) is 5.75 Å². The number of aromatic nitrogens is 2. The summed E-state index contributed by atoms with van der Waals surface area (Å²) in [6, 6.07) is 6.77. The third-order valence-electron chi connectivity index (χ3n) is 4.16. The average molecular weight is 441 g/mol. The van der Waals surface area contributed by atoms with Gasteiger partial charge in [0.15, 0.2) is 6.61 Å². The molecule has 1 aromatic carbocycles. The van der Waals surface area contributed by atoms with E-state index in [1.165, 1.54) is 11.3 Å². The summed E-state index contributed by atoms with van der Waals surface area (Å²) in [4.78, 5) is 23.9. The van der Waals surface area contributed by atoms with Gasteiger partial charge in [-0.05, 0) is 64.0 Å². The number of hydrogen-bond acceptors (Lipinski definition) is 8. The van der Waals surface area contributed by atoms with Crippen LogP contribution in [0.4, 0.5) is 5.69 Å². The minimum absolute atomic E-state index is 0. The monoisotopic (exact) mass is 440 g/mol. The first-order chi connectivity index (χ1) is 13.5. The first-order valence-electron chi connectivity index (χ1n) is 9.29. The smallest absolute Gasteiger partial charge is 0.344 e. The Labute approximate surface area is 179 Å². The normalized spacial score (nSPS) is 14.2. The average Bonchev–Trinajstić information content (AvgIpc) is 3.18. The van der Waals surface area contributed by atoms with Crippen LogP contribution in [0.2, 0.25) is 0 Å². The summed E-state index contributed by atoms with van der Waals surface area (Å²) >= 11 is 1.35. The highest BCUT2D eigenvalue weighted by molar-refractivity contribution is 7.13. The zero-order valence-corrected chi connectivity index (χ0v) is 18.0. The topological polar surface area (TPSA) is 102 Å². The molecule has 158 valence electrons. The predicted octanol–water partition coefficient (Wildman–Crippen LogP) is 3.01. The van der Waals surface area contributed by atoms with Gasteiger partial charge in [-0.2, -0.15) is 0 Å². The maximum atomic E-state index is 12.4. The van der Waals surface area contributed by atoms with Gasteiger partial charge in [-0.25, -0.2) is 4.79 Å². The molecule has 0 spiro atoms. The lowest BCUT2D eigenvalue weighted by atomic mass is 9.99. The number of piperidine rings is 1. The highest BCUT2D eigenvalue weighted by atomic mass is 35.5. The Morgan fingerprint density at radius 2 is 1.90 bits per heavy atom. The first-order valence-corrected chi connectivity index (χ1v) is 10.1. The van der Waals surface area contributed by atoms with Gasteiger partial charge in [-0.15, -0.1) is 22.6 Å². The summed E-state index contributed by atoms with van der Waals surface area (Å²) in [6.07, 6.45) is 1.86. The Hall–Kier alpha value is -2.23. The Kier molecular flexibility index (Phi) is 8.81. The number of rotatable bonds is 7. The molecule has 2 aromatic rings. The lowest BCUT2D eigenvalue weighted by molar-refractivity contribution is -0.149. The van der Waals surface area contributed by atoms with Crippen molar-refractivity contribution in [2.75, 3.05) is 25.0 Å². The van der Waals surface area contributed by atoms with E-state index in [0.29, 0.717) is 22.4 Å². The molecule has 1 aliphatic heterocycles. The van der Waals surface area contributed by atoms with Crippen molar-refractivity contribution in [1.82, 2.24) is 15.5 Å². The van der Waals surface area contributed by atoms with Crippen molar-refractivity contribution in [1.29, 1.82) is 0 Å². The Morgan fingerprint density at radius 1 is 1.21 bits per heavy atom. The SMILES string of the molecule is CC(C)OC(=O)COc1ccc(NC(=O)c2nnc(C3CCNCC3)s2)cc1.Cl. The third kappa shape index (κ3) is 6.95. The number of hydrogen-bond donors (Lipinski definition) is 2. The van der Waals surface area contributed by atoms with E-state index in [0.717, 1.165) is 30.9 Å². The summed E-state index contributed by atoms with van der Waals surface area (Å²) in [5, 5.41) is 15.6. The zero-order valence-electron chi connectivity index (χ0n) is 16.3. The molecule has 0 radical (unpaired) electrons. The number of esters is 1. The summed E-state index contributed by atoms with van der Waals surface area (Å²) in [5.41, 5.74) is 0.612. The van der Waals surface area contributed by atoms with E-state index >= 15 is 0 Å². The maximum absolute atomic E-state index is 12.4. The van der Waals surface area contributed by atoms with Crippen LogP contribution >= 0.6 is 23.7 Å². The molecule has 29 heavy (non-hydrogen) atoms. The van der Waals surface area contributed by atoms with Crippen molar-refractivity contribution in [3.63, 3.8) is 0 Å². The van der Waals surface area contributed by atoms with Crippen molar-refractivity contribution >= 4 is 41.3 Å². The van der Waals surface area contributed by atoms with Crippen molar-refractivity contribution in [3.05, 3.63) is 34.3 Å². The van der Waals surface area contributed by atoms with Gasteiger partial charge in [0.25, 0.3) is 5.91 Å². The van der Waals surface area contributed by atoms with E-state index in [9.17, 15) is 9.59 Å². The molecule has 8 nitrogen and oxygen atoms in total. The minimum atomic E-state index is -0.423.